The molecule has 0 saturated heterocycles. The van der Waals surface area contributed by atoms with Crippen LogP contribution < -0.4 is 11.1 Å². The van der Waals surface area contributed by atoms with Crippen LogP contribution in [-0.4, -0.2) is 56.6 Å². The van der Waals surface area contributed by atoms with E-state index < -0.39 is 6.04 Å². The van der Waals surface area contributed by atoms with E-state index in [0.717, 1.165) is 6.42 Å². The highest BCUT2D eigenvalue weighted by Gasteiger charge is 2.17. The number of nitrogens with zero attached hydrogens (tertiary/aromatic N) is 1. The SMILES string of the molecule is CCC(N)C(=O)N(C)CC(=O)NCCCOC. The van der Waals surface area contributed by atoms with Gasteiger partial charge in [0.15, 0.2) is 0 Å². The monoisotopic (exact) mass is 245 g/mol. The van der Waals surface area contributed by atoms with Gasteiger partial charge in [0.05, 0.1) is 12.6 Å². The average Bonchev–Trinajstić information content (AvgIpc) is 2.32. The van der Waals surface area contributed by atoms with Crippen molar-refractivity contribution in [3.05, 3.63) is 0 Å². The quantitative estimate of drug-likeness (QED) is 0.556. The van der Waals surface area contributed by atoms with Gasteiger partial charge in [0, 0.05) is 27.3 Å². The highest BCUT2D eigenvalue weighted by molar-refractivity contribution is 5.87. The van der Waals surface area contributed by atoms with Gasteiger partial charge in [0.2, 0.25) is 11.8 Å². The van der Waals surface area contributed by atoms with Gasteiger partial charge < -0.3 is 20.7 Å². The third-order valence-electron chi connectivity index (χ3n) is 2.36. The van der Waals surface area contributed by atoms with Gasteiger partial charge >= 0.3 is 0 Å². The summed E-state index contributed by atoms with van der Waals surface area (Å²) in [6.45, 7) is 3.03. The van der Waals surface area contributed by atoms with E-state index in [9.17, 15) is 9.59 Å². The molecule has 0 aromatic rings. The topological polar surface area (TPSA) is 84.7 Å². The van der Waals surface area contributed by atoms with E-state index in [4.69, 9.17) is 10.5 Å². The van der Waals surface area contributed by atoms with Gasteiger partial charge in [-0.25, -0.2) is 0 Å². The summed E-state index contributed by atoms with van der Waals surface area (Å²) in [5.74, 6) is -0.389. The molecule has 6 heteroatoms. The van der Waals surface area contributed by atoms with E-state index in [2.05, 4.69) is 5.32 Å². The molecule has 0 aliphatic carbocycles. The number of nitrogens with one attached hydrogen (secondary N) is 1. The molecule has 3 N–H and O–H groups in total. The maximum Gasteiger partial charge on any atom is 0.239 e. The summed E-state index contributed by atoms with van der Waals surface area (Å²) in [6, 6.07) is -0.527. The fourth-order valence-electron chi connectivity index (χ4n) is 1.25. The molecule has 0 fully saturated rings. The molecule has 1 unspecified atom stereocenters. The lowest BCUT2D eigenvalue weighted by molar-refractivity contribution is -0.135. The van der Waals surface area contributed by atoms with E-state index in [1.165, 1.54) is 4.90 Å². The van der Waals surface area contributed by atoms with Crippen molar-refractivity contribution in [2.75, 3.05) is 33.9 Å². The Hall–Kier alpha value is -1.14. The first-order valence-corrected chi connectivity index (χ1v) is 5.79. The van der Waals surface area contributed by atoms with Crippen molar-refractivity contribution in [3.63, 3.8) is 0 Å². The van der Waals surface area contributed by atoms with Crippen molar-refractivity contribution in [1.29, 1.82) is 0 Å². The third-order valence-corrected chi connectivity index (χ3v) is 2.36. The van der Waals surface area contributed by atoms with Crippen molar-refractivity contribution < 1.29 is 14.3 Å². The molecule has 0 aromatic heterocycles. The Labute approximate surface area is 102 Å². The number of carbonyl (C=O) groups excluding carboxylic acids is 2. The van der Waals surface area contributed by atoms with Gasteiger partial charge in [-0.3, -0.25) is 9.59 Å². The maximum atomic E-state index is 11.6. The highest BCUT2D eigenvalue weighted by atomic mass is 16.5. The molecule has 0 heterocycles. The Bertz CT molecular complexity index is 246. The van der Waals surface area contributed by atoms with Gasteiger partial charge in [-0.2, -0.15) is 0 Å². The predicted molar refractivity (Wildman–Crippen MR) is 65.4 cm³/mol. The fraction of sp³-hybridized carbons (Fsp3) is 0.818. The molecule has 0 radical (unpaired) electrons. The van der Waals surface area contributed by atoms with Crippen molar-refractivity contribution in [2.24, 2.45) is 5.73 Å². The summed E-state index contributed by atoms with van der Waals surface area (Å²) in [7, 11) is 3.19. The zero-order valence-electron chi connectivity index (χ0n) is 10.9. The Balaban J connectivity index is 3.83. The number of methoxy groups -OCH3 is 1. The first-order chi connectivity index (χ1) is 8.02. The fourth-order valence-corrected chi connectivity index (χ4v) is 1.25. The molecule has 1 atom stereocenters. The van der Waals surface area contributed by atoms with Crippen molar-refractivity contribution in [2.45, 2.75) is 25.8 Å². The number of rotatable bonds is 8. The van der Waals surface area contributed by atoms with E-state index in [1.54, 1.807) is 14.2 Å². The first-order valence-electron chi connectivity index (χ1n) is 5.79. The zero-order chi connectivity index (χ0) is 13.3. The van der Waals surface area contributed by atoms with Crippen LogP contribution in [0.3, 0.4) is 0 Å². The number of likely N-dealkylation sites (N-methyl/N-ethyl adjacent to an activating group) is 1. The first kappa shape index (κ1) is 15.9. The van der Waals surface area contributed by atoms with E-state index in [0.29, 0.717) is 19.6 Å². The minimum absolute atomic E-state index is 0.0412. The Morgan fingerprint density at radius 2 is 2.12 bits per heavy atom. The largest absolute Gasteiger partial charge is 0.385 e. The summed E-state index contributed by atoms with van der Waals surface area (Å²) in [6.07, 6.45) is 1.33. The molecule has 17 heavy (non-hydrogen) atoms. The van der Waals surface area contributed by atoms with Crippen LogP contribution in [0.2, 0.25) is 0 Å². The molecule has 100 valence electrons. The molecule has 0 saturated carbocycles. The van der Waals surface area contributed by atoms with Crippen LogP contribution in [0.5, 0.6) is 0 Å². The van der Waals surface area contributed by atoms with Crippen molar-refractivity contribution >= 4 is 11.8 Å². The molecular formula is C11H23N3O3. The highest BCUT2D eigenvalue weighted by Crippen LogP contribution is 1.93. The molecule has 2 amide bonds. The maximum absolute atomic E-state index is 11.6. The van der Waals surface area contributed by atoms with Crippen LogP contribution in [0.1, 0.15) is 19.8 Å². The van der Waals surface area contributed by atoms with E-state index in [1.807, 2.05) is 6.92 Å². The van der Waals surface area contributed by atoms with Crippen LogP contribution in [0.25, 0.3) is 0 Å². The third kappa shape index (κ3) is 6.91. The second kappa shape index (κ2) is 8.95. The second-order valence-electron chi connectivity index (χ2n) is 3.91. The standard InChI is InChI=1S/C11H23N3O3/c1-4-9(12)11(16)14(2)8-10(15)13-6-5-7-17-3/h9H,4-8,12H2,1-3H3,(H,13,15). The van der Waals surface area contributed by atoms with Gasteiger partial charge in [-0.1, -0.05) is 6.92 Å². The minimum atomic E-state index is -0.527. The molecule has 0 aliphatic heterocycles. The molecule has 0 spiro atoms. The lowest BCUT2D eigenvalue weighted by atomic mass is 10.2. The van der Waals surface area contributed by atoms with Crippen LogP contribution in [-0.2, 0) is 14.3 Å². The number of nitrogens with two attached hydrogens (primary N) is 1. The summed E-state index contributed by atoms with van der Waals surface area (Å²) in [4.78, 5) is 24.4. The van der Waals surface area contributed by atoms with Gasteiger partial charge in [0.25, 0.3) is 0 Å². The molecule has 0 bridgehead atoms. The second-order valence-corrected chi connectivity index (χ2v) is 3.91. The predicted octanol–water partition coefficient (Wildman–Crippen LogP) is -0.665. The van der Waals surface area contributed by atoms with Crippen molar-refractivity contribution in [1.82, 2.24) is 10.2 Å². The van der Waals surface area contributed by atoms with Gasteiger partial charge in [0.1, 0.15) is 0 Å². The van der Waals surface area contributed by atoms with Crippen LogP contribution in [0.15, 0.2) is 0 Å². The molecule has 6 nitrogen and oxygen atoms in total. The molecule has 0 aromatic carbocycles. The normalized spacial score (nSPS) is 12.0. The van der Waals surface area contributed by atoms with Gasteiger partial charge in [-0.05, 0) is 12.8 Å². The summed E-state index contributed by atoms with van der Waals surface area (Å²) in [5.41, 5.74) is 5.59. The van der Waals surface area contributed by atoms with E-state index in [-0.39, 0.29) is 18.4 Å². The Morgan fingerprint density at radius 1 is 1.47 bits per heavy atom. The number of amides is 2. The summed E-state index contributed by atoms with van der Waals surface area (Å²) in [5, 5.41) is 2.71. The Morgan fingerprint density at radius 3 is 2.65 bits per heavy atom. The number of hydrogen-bond donors (Lipinski definition) is 2. The average molecular weight is 245 g/mol. The number of hydrogen-bond acceptors (Lipinski definition) is 4. The summed E-state index contributed by atoms with van der Waals surface area (Å²) >= 11 is 0. The van der Waals surface area contributed by atoms with Gasteiger partial charge in [-0.15, -0.1) is 0 Å². The minimum Gasteiger partial charge on any atom is -0.385 e. The van der Waals surface area contributed by atoms with Crippen LogP contribution in [0.4, 0.5) is 0 Å². The zero-order valence-corrected chi connectivity index (χ0v) is 10.9. The molecule has 0 rings (SSSR count). The van der Waals surface area contributed by atoms with E-state index >= 15 is 0 Å². The number of ether oxygens (including phenoxy) is 1. The number of carbonyl (C=O) groups is 2. The smallest absolute Gasteiger partial charge is 0.239 e. The van der Waals surface area contributed by atoms with Crippen LogP contribution >= 0.6 is 0 Å². The lowest BCUT2D eigenvalue weighted by Gasteiger charge is -2.19. The van der Waals surface area contributed by atoms with Crippen LogP contribution in [0, 0.1) is 0 Å². The van der Waals surface area contributed by atoms with Crippen molar-refractivity contribution in [3.8, 4) is 0 Å². The molecule has 0 aliphatic rings. The Kier molecular flexibility index (Phi) is 8.35. The summed E-state index contributed by atoms with van der Waals surface area (Å²) < 4.78 is 4.86. The molecular weight excluding hydrogens is 222 g/mol. The lowest BCUT2D eigenvalue weighted by Crippen LogP contribution is -2.45.